The van der Waals surface area contributed by atoms with Gasteiger partial charge >= 0.3 is 5.97 Å². The van der Waals surface area contributed by atoms with E-state index in [1.54, 1.807) is 37.7 Å². The van der Waals surface area contributed by atoms with Crippen LogP contribution in [0.5, 0.6) is 0 Å². The second-order valence-electron chi connectivity index (χ2n) is 4.79. The van der Waals surface area contributed by atoms with Crippen LogP contribution in [-0.2, 0) is 11.3 Å². The van der Waals surface area contributed by atoms with Crippen molar-refractivity contribution in [1.29, 1.82) is 0 Å². The van der Waals surface area contributed by atoms with Crippen LogP contribution in [0.15, 0.2) is 35.4 Å². The van der Waals surface area contributed by atoms with E-state index in [1.807, 2.05) is 12.1 Å². The minimum absolute atomic E-state index is 0.137. The van der Waals surface area contributed by atoms with Gasteiger partial charge in [-0.3, -0.25) is 9.78 Å². The SMILES string of the molecule is CCOC(=O)c1c(C)cc(=O)n(Cc2cccnc2)c1C. The fourth-order valence-electron chi connectivity index (χ4n) is 2.30. The Morgan fingerprint density at radius 1 is 1.38 bits per heavy atom. The van der Waals surface area contributed by atoms with Crippen LogP contribution in [0, 0.1) is 13.8 Å². The van der Waals surface area contributed by atoms with E-state index >= 15 is 0 Å². The number of pyridine rings is 2. The molecule has 2 rings (SSSR count). The summed E-state index contributed by atoms with van der Waals surface area (Å²) in [5.74, 6) is -0.396. The van der Waals surface area contributed by atoms with Crippen molar-refractivity contribution >= 4 is 5.97 Å². The molecule has 0 atom stereocenters. The summed E-state index contributed by atoms with van der Waals surface area (Å²) in [5.41, 5.74) is 2.48. The second-order valence-corrected chi connectivity index (χ2v) is 4.79. The molecule has 0 fully saturated rings. The third kappa shape index (κ3) is 3.18. The van der Waals surface area contributed by atoms with E-state index in [9.17, 15) is 9.59 Å². The van der Waals surface area contributed by atoms with Crippen molar-refractivity contribution < 1.29 is 9.53 Å². The van der Waals surface area contributed by atoms with Crippen molar-refractivity contribution in [2.45, 2.75) is 27.3 Å². The van der Waals surface area contributed by atoms with Gasteiger partial charge in [0.05, 0.1) is 18.7 Å². The molecule has 0 unspecified atom stereocenters. The molecular formula is C16H18N2O3. The van der Waals surface area contributed by atoms with Gasteiger partial charge in [-0.25, -0.2) is 4.79 Å². The number of aryl methyl sites for hydroxylation is 1. The van der Waals surface area contributed by atoms with Crippen LogP contribution >= 0.6 is 0 Å². The summed E-state index contributed by atoms with van der Waals surface area (Å²) in [6.45, 7) is 5.95. The number of nitrogens with zero attached hydrogens (tertiary/aromatic N) is 2. The number of rotatable bonds is 4. The highest BCUT2D eigenvalue weighted by molar-refractivity contribution is 5.92. The Kier molecular flexibility index (Phi) is 4.52. The Morgan fingerprint density at radius 3 is 2.76 bits per heavy atom. The molecule has 0 radical (unpaired) electrons. The van der Waals surface area contributed by atoms with Crippen molar-refractivity contribution in [3.63, 3.8) is 0 Å². The van der Waals surface area contributed by atoms with Gasteiger partial charge in [-0.15, -0.1) is 0 Å². The van der Waals surface area contributed by atoms with E-state index in [0.717, 1.165) is 5.56 Å². The zero-order valence-electron chi connectivity index (χ0n) is 12.4. The fourth-order valence-corrected chi connectivity index (χ4v) is 2.30. The lowest BCUT2D eigenvalue weighted by molar-refractivity contribution is 0.0523. The molecule has 0 spiro atoms. The average Bonchev–Trinajstić information content (AvgIpc) is 2.44. The van der Waals surface area contributed by atoms with Crippen LogP contribution in [0.3, 0.4) is 0 Å². The fraction of sp³-hybridized carbons (Fsp3) is 0.312. The van der Waals surface area contributed by atoms with Gasteiger partial charge in [0.15, 0.2) is 0 Å². The number of ether oxygens (including phenoxy) is 1. The number of hydrogen-bond donors (Lipinski definition) is 0. The predicted octanol–water partition coefficient (Wildman–Crippen LogP) is 2.09. The highest BCUT2D eigenvalue weighted by atomic mass is 16.5. The molecule has 5 heteroatoms. The first-order valence-electron chi connectivity index (χ1n) is 6.81. The average molecular weight is 286 g/mol. The second kappa shape index (κ2) is 6.35. The number of esters is 1. The third-order valence-corrected chi connectivity index (χ3v) is 3.31. The lowest BCUT2D eigenvalue weighted by Gasteiger charge is -2.15. The summed E-state index contributed by atoms with van der Waals surface area (Å²) in [5, 5.41) is 0. The van der Waals surface area contributed by atoms with Crippen LogP contribution in [-0.4, -0.2) is 22.1 Å². The minimum atomic E-state index is -0.396. The summed E-state index contributed by atoms with van der Waals surface area (Å²) >= 11 is 0. The van der Waals surface area contributed by atoms with Crippen LogP contribution in [0.2, 0.25) is 0 Å². The van der Waals surface area contributed by atoms with Gasteiger partial charge in [0.2, 0.25) is 0 Å². The van der Waals surface area contributed by atoms with Crippen LogP contribution in [0.1, 0.15) is 34.1 Å². The van der Waals surface area contributed by atoms with Gasteiger partial charge < -0.3 is 9.30 Å². The molecule has 0 bridgehead atoms. The van der Waals surface area contributed by atoms with Gasteiger partial charge in [-0.05, 0) is 38.0 Å². The third-order valence-electron chi connectivity index (χ3n) is 3.31. The van der Waals surface area contributed by atoms with Crippen molar-refractivity contribution in [3.05, 3.63) is 63.3 Å². The molecule has 21 heavy (non-hydrogen) atoms. The molecule has 0 aliphatic heterocycles. The molecule has 5 nitrogen and oxygen atoms in total. The lowest BCUT2D eigenvalue weighted by Crippen LogP contribution is -2.26. The van der Waals surface area contributed by atoms with Crippen LogP contribution in [0.4, 0.5) is 0 Å². The van der Waals surface area contributed by atoms with Gasteiger partial charge in [0.1, 0.15) is 0 Å². The molecule has 0 saturated carbocycles. The number of carbonyl (C=O) groups excluding carboxylic acids is 1. The molecule has 2 aromatic rings. The number of hydrogen-bond acceptors (Lipinski definition) is 4. The molecule has 0 aliphatic rings. The quantitative estimate of drug-likeness (QED) is 0.807. The van der Waals surface area contributed by atoms with Gasteiger partial charge in [-0.2, -0.15) is 0 Å². The Bertz CT molecular complexity index is 705. The van der Waals surface area contributed by atoms with E-state index in [1.165, 1.54) is 6.07 Å². The molecular weight excluding hydrogens is 268 g/mol. The summed E-state index contributed by atoms with van der Waals surface area (Å²) in [7, 11) is 0. The number of carbonyl (C=O) groups is 1. The van der Waals surface area contributed by atoms with E-state index < -0.39 is 5.97 Å². The normalized spacial score (nSPS) is 10.4. The monoisotopic (exact) mass is 286 g/mol. The van der Waals surface area contributed by atoms with Gasteiger partial charge in [0.25, 0.3) is 5.56 Å². The zero-order valence-corrected chi connectivity index (χ0v) is 12.4. The number of aromatic nitrogens is 2. The minimum Gasteiger partial charge on any atom is -0.462 e. The molecule has 0 amide bonds. The highest BCUT2D eigenvalue weighted by Gasteiger charge is 2.17. The first-order valence-corrected chi connectivity index (χ1v) is 6.81. The molecule has 0 saturated heterocycles. The van der Waals surface area contributed by atoms with Gasteiger partial charge in [0, 0.05) is 24.2 Å². The molecule has 0 N–H and O–H groups in total. The maximum Gasteiger partial charge on any atom is 0.340 e. The van der Waals surface area contributed by atoms with Crippen molar-refractivity contribution in [2.24, 2.45) is 0 Å². The maximum absolute atomic E-state index is 12.2. The van der Waals surface area contributed by atoms with E-state index in [0.29, 0.717) is 30.0 Å². The Hall–Kier alpha value is -2.43. The summed E-state index contributed by atoms with van der Waals surface area (Å²) < 4.78 is 6.63. The van der Waals surface area contributed by atoms with Crippen molar-refractivity contribution in [2.75, 3.05) is 6.61 Å². The molecule has 2 heterocycles. The molecule has 2 aromatic heterocycles. The van der Waals surface area contributed by atoms with E-state index in [2.05, 4.69) is 4.98 Å². The van der Waals surface area contributed by atoms with Crippen molar-refractivity contribution in [3.8, 4) is 0 Å². The highest BCUT2D eigenvalue weighted by Crippen LogP contribution is 2.14. The predicted molar refractivity (Wildman–Crippen MR) is 79.5 cm³/mol. The summed E-state index contributed by atoms with van der Waals surface area (Å²) in [6, 6.07) is 5.18. The standard InChI is InChI=1S/C16H18N2O3/c1-4-21-16(20)15-11(2)8-14(19)18(12(15)3)10-13-6-5-7-17-9-13/h5-9H,4,10H2,1-3H3. The van der Waals surface area contributed by atoms with Crippen LogP contribution in [0.25, 0.3) is 0 Å². The van der Waals surface area contributed by atoms with Crippen LogP contribution < -0.4 is 5.56 Å². The summed E-state index contributed by atoms with van der Waals surface area (Å²) in [4.78, 5) is 28.3. The topological polar surface area (TPSA) is 61.2 Å². The van der Waals surface area contributed by atoms with Crippen molar-refractivity contribution in [1.82, 2.24) is 9.55 Å². The maximum atomic E-state index is 12.2. The first kappa shape index (κ1) is 15.0. The Morgan fingerprint density at radius 2 is 2.14 bits per heavy atom. The smallest absolute Gasteiger partial charge is 0.340 e. The zero-order chi connectivity index (χ0) is 15.4. The van der Waals surface area contributed by atoms with Gasteiger partial charge in [-0.1, -0.05) is 6.07 Å². The largest absolute Gasteiger partial charge is 0.462 e. The summed E-state index contributed by atoms with van der Waals surface area (Å²) in [6.07, 6.45) is 3.38. The molecule has 0 aromatic carbocycles. The molecule has 110 valence electrons. The van der Waals surface area contributed by atoms with E-state index in [-0.39, 0.29) is 5.56 Å². The molecule has 0 aliphatic carbocycles. The Labute approximate surface area is 123 Å². The first-order chi connectivity index (χ1) is 10.0. The lowest BCUT2D eigenvalue weighted by atomic mass is 10.1. The Balaban J connectivity index is 2.49. The van der Waals surface area contributed by atoms with E-state index in [4.69, 9.17) is 4.74 Å².